The van der Waals surface area contributed by atoms with E-state index in [2.05, 4.69) is 79.7 Å². The molecule has 0 aliphatic heterocycles. The summed E-state index contributed by atoms with van der Waals surface area (Å²) >= 11 is 0.164. The van der Waals surface area contributed by atoms with Gasteiger partial charge in [-0.15, -0.1) is 0 Å². The Labute approximate surface area is 205 Å². The normalized spacial score (nSPS) is 12.3. The third-order valence-electron chi connectivity index (χ3n) is 6.12. The van der Waals surface area contributed by atoms with Crippen molar-refractivity contribution in [3.05, 3.63) is 41.5 Å². The molecule has 1 heterocycles. The van der Waals surface area contributed by atoms with E-state index < -0.39 is 21.3 Å². The number of ether oxygens (including phenoxy) is 2. The SMILES string of the molecule is CCCCCCc1c[c]([Ge]([CH3])([CH3])[CH2]Cc2ccc(OCCOCC)cc2)sc1[Si](C)(C)C. The molecule has 180 valence electrons. The van der Waals surface area contributed by atoms with Crippen LogP contribution in [0, 0.1) is 0 Å². The fourth-order valence-electron chi connectivity index (χ4n) is 4.02. The second kappa shape index (κ2) is 13.4. The molecule has 1 aromatic carbocycles. The molecule has 0 atom stereocenters. The second-order valence-corrected chi connectivity index (χ2v) is 27.9. The number of unbranched alkanes of at least 4 members (excludes halogenated alkanes) is 3. The van der Waals surface area contributed by atoms with Gasteiger partial charge in [-0.2, -0.15) is 0 Å². The third kappa shape index (κ3) is 9.00. The van der Waals surface area contributed by atoms with Crippen LogP contribution >= 0.6 is 11.3 Å². The third-order valence-corrected chi connectivity index (χ3v) is 20.5. The van der Waals surface area contributed by atoms with E-state index in [1.54, 1.807) is 13.8 Å². The van der Waals surface area contributed by atoms with Gasteiger partial charge in [0.15, 0.2) is 0 Å². The van der Waals surface area contributed by atoms with E-state index >= 15 is 0 Å². The molecule has 0 aliphatic carbocycles. The molecule has 5 heteroatoms. The number of hydrogen-bond donors (Lipinski definition) is 0. The molecule has 0 radical (unpaired) electrons. The molecule has 2 rings (SSSR count). The fourth-order valence-corrected chi connectivity index (χ4v) is 14.9. The van der Waals surface area contributed by atoms with E-state index in [-0.39, 0.29) is 0 Å². The van der Waals surface area contributed by atoms with E-state index in [1.165, 1.54) is 49.3 Å². The number of rotatable bonds is 15. The summed E-state index contributed by atoms with van der Waals surface area (Å²) < 4.78 is 14.7. The van der Waals surface area contributed by atoms with Crippen molar-refractivity contribution in [2.24, 2.45) is 0 Å². The van der Waals surface area contributed by atoms with Crippen LogP contribution in [0.2, 0.25) is 36.4 Å². The Bertz CT molecular complexity index is 793. The first kappa shape index (κ1) is 27.7. The van der Waals surface area contributed by atoms with Crippen LogP contribution in [-0.2, 0) is 17.6 Å². The zero-order chi connectivity index (χ0) is 23.6. The first-order valence-corrected chi connectivity index (χ1v) is 23.6. The monoisotopic (exact) mass is 536 g/mol. The molecule has 0 bridgehead atoms. The van der Waals surface area contributed by atoms with Gasteiger partial charge in [0.1, 0.15) is 0 Å². The number of thiophene rings is 1. The van der Waals surface area contributed by atoms with Crippen molar-refractivity contribution in [2.45, 2.75) is 88.8 Å². The summed E-state index contributed by atoms with van der Waals surface area (Å²) in [6, 6.07) is 11.4. The van der Waals surface area contributed by atoms with Crippen LogP contribution in [0.1, 0.15) is 50.7 Å². The molecular formula is C27H46GeO2SSi. The van der Waals surface area contributed by atoms with Gasteiger partial charge in [0.25, 0.3) is 0 Å². The molecule has 2 nitrogen and oxygen atoms in total. The van der Waals surface area contributed by atoms with Crippen LogP contribution < -0.4 is 12.9 Å². The fraction of sp³-hybridized carbons (Fsp3) is 0.630. The van der Waals surface area contributed by atoms with Crippen molar-refractivity contribution < 1.29 is 9.47 Å². The maximum atomic E-state index is 5.77. The van der Waals surface area contributed by atoms with Crippen molar-refractivity contribution in [1.29, 1.82) is 0 Å². The van der Waals surface area contributed by atoms with E-state index in [0.717, 1.165) is 12.4 Å². The van der Waals surface area contributed by atoms with Crippen LogP contribution in [0.4, 0.5) is 0 Å². The van der Waals surface area contributed by atoms with E-state index in [9.17, 15) is 0 Å². The summed E-state index contributed by atoms with van der Waals surface area (Å²) in [6.45, 7) is 13.9. The Morgan fingerprint density at radius 2 is 1.62 bits per heavy atom. The molecule has 0 saturated carbocycles. The van der Waals surface area contributed by atoms with Gasteiger partial charge in [0.05, 0.1) is 0 Å². The zero-order valence-electron chi connectivity index (χ0n) is 21.7. The molecule has 0 unspecified atom stereocenters. The molecule has 1 aromatic heterocycles. The van der Waals surface area contributed by atoms with Crippen LogP contribution in [0.5, 0.6) is 5.75 Å². The zero-order valence-corrected chi connectivity index (χ0v) is 25.6. The standard InChI is InChI=1S/C27H46GeO2SSi/c1-8-10-11-12-13-24-22-26(31-27(24)32(5,6)7)28(3,4)19-18-23-14-16-25(17-15-23)30-21-20-29-9-2/h14-17,22H,8-13,18-21H2,1-7H3. The molecule has 2 aromatic rings. The van der Waals surface area contributed by atoms with Crippen LogP contribution in [0.25, 0.3) is 0 Å². The van der Waals surface area contributed by atoms with E-state index in [1.807, 2.05) is 6.92 Å². The number of aryl methyl sites for hydroxylation is 2. The quantitative estimate of drug-likeness (QED) is 0.181. The van der Waals surface area contributed by atoms with Gasteiger partial charge in [-0.05, 0) is 0 Å². The van der Waals surface area contributed by atoms with Crippen LogP contribution in [0.15, 0.2) is 30.3 Å². The Morgan fingerprint density at radius 1 is 0.906 bits per heavy atom. The van der Waals surface area contributed by atoms with E-state index in [4.69, 9.17) is 9.47 Å². The van der Waals surface area contributed by atoms with Gasteiger partial charge in [-0.25, -0.2) is 0 Å². The Kier molecular flexibility index (Phi) is 11.6. The van der Waals surface area contributed by atoms with Crippen LogP contribution in [0.3, 0.4) is 0 Å². The average molecular weight is 535 g/mol. The first-order valence-electron chi connectivity index (χ1n) is 12.6. The van der Waals surface area contributed by atoms with Gasteiger partial charge in [0, 0.05) is 0 Å². The topological polar surface area (TPSA) is 18.5 Å². The summed E-state index contributed by atoms with van der Waals surface area (Å²) in [5.74, 6) is 6.18. The average Bonchev–Trinajstić information content (AvgIpc) is 3.20. The first-order chi connectivity index (χ1) is 15.2. The number of hydrogen-bond acceptors (Lipinski definition) is 3. The van der Waals surface area contributed by atoms with Crippen LogP contribution in [-0.4, -0.2) is 41.2 Å². The number of benzene rings is 1. The molecule has 0 fully saturated rings. The van der Waals surface area contributed by atoms with Crippen molar-refractivity contribution >= 4 is 40.9 Å². The van der Waals surface area contributed by atoms with Gasteiger partial charge in [-0.1, -0.05) is 0 Å². The minimum absolute atomic E-state index is 0.619. The summed E-state index contributed by atoms with van der Waals surface area (Å²) in [6.07, 6.45) is 7.89. The molecule has 32 heavy (non-hydrogen) atoms. The Balaban J connectivity index is 2.00. The minimum atomic E-state index is -2.04. The second-order valence-electron chi connectivity index (χ2n) is 10.6. The van der Waals surface area contributed by atoms with Gasteiger partial charge in [-0.3, -0.25) is 0 Å². The van der Waals surface area contributed by atoms with Crippen molar-refractivity contribution in [2.75, 3.05) is 19.8 Å². The molecule has 0 saturated heterocycles. The summed E-state index contributed by atoms with van der Waals surface area (Å²) in [4.78, 5) is 0. The van der Waals surface area contributed by atoms with Crippen molar-refractivity contribution in [1.82, 2.24) is 0 Å². The van der Waals surface area contributed by atoms with E-state index in [0.29, 0.717) is 13.2 Å². The Morgan fingerprint density at radius 3 is 2.25 bits per heavy atom. The summed E-state index contributed by atoms with van der Waals surface area (Å²) in [5, 5.41) is 1.35. The predicted octanol–water partition coefficient (Wildman–Crippen LogP) is 6.99. The summed E-state index contributed by atoms with van der Waals surface area (Å²) in [7, 11) is -1.29. The summed E-state index contributed by atoms with van der Waals surface area (Å²) in [5.41, 5.74) is 3.13. The predicted molar refractivity (Wildman–Crippen MR) is 149 cm³/mol. The van der Waals surface area contributed by atoms with Crippen molar-refractivity contribution in [3.8, 4) is 5.75 Å². The Hall–Kier alpha value is -0.560. The molecule has 0 aliphatic rings. The maximum absolute atomic E-state index is 5.77. The molecule has 0 amide bonds. The van der Waals surface area contributed by atoms with Gasteiger partial charge in [0.2, 0.25) is 0 Å². The molecule has 0 N–H and O–H groups in total. The van der Waals surface area contributed by atoms with Gasteiger partial charge < -0.3 is 0 Å². The molecule has 0 spiro atoms. The van der Waals surface area contributed by atoms with Gasteiger partial charge >= 0.3 is 206 Å². The molecular weight excluding hydrogens is 489 g/mol. The van der Waals surface area contributed by atoms with Crippen molar-refractivity contribution in [3.63, 3.8) is 0 Å².